The van der Waals surface area contributed by atoms with E-state index in [2.05, 4.69) is 44.5 Å². The molecular formula is C19H21N5. The van der Waals surface area contributed by atoms with Crippen LogP contribution in [0.3, 0.4) is 0 Å². The molecule has 1 saturated carbocycles. The summed E-state index contributed by atoms with van der Waals surface area (Å²) in [5.41, 5.74) is 11.4. The van der Waals surface area contributed by atoms with Gasteiger partial charge in [0.1, 0.15) is 5.82 Å². The molecule has 4 rings (SSSR count). The molecule has 0 amide bonds. The van der Waals surface area contributed by atoms with Gasteiger partial charge in [0, 0.05) is 12.2 Å². The summed E-state index contributed by atoms with van der Waals surface area (Å²) in [6.07, 6.45) is 2.62. The fourth-order valence-corrected chi connectivity index (χ4v) is 3.14. The highest BCUT2D eigenvalue weighted by molar-refractivity contribution is 5.89. The number of nitrogens with one attached hydrogen (secondary N) is 1. The summed E-state index contributed by atoms with van der Waals surface area (Å²) in [5.74, 6) is 1.75. The first-order valence-electron chi connectivity index (χ1n) is 8.34. The minimum Gasteiger partial charge on any atom is -0.383 e. The Morgan fingerprint density at radius 3 is 2.75 bits per heavy atom. The van der Waals surface area contributed by atoms with Crippen LogP contribution in [0.1, 0.15) is 41.1 Å². The fourth-order valence-electron chi connectivity index (χ4n) is 3.14. The lowest BCUT2D eigenvalue weighted by molar-refractivity contribution is 1.04. The number of aromatic nitrogens is 3. The van der Waals surface area contributed by atoms with Crippen LogP contribution < -0.4 is 11.1 Å². The normalized spacial score (nSPS) is 14.1. The van der Waals surface area contributed by atoms with Crippen molar-refractivity contribution in [2.24, 2.45) is 0 Å². The van der Waals surface area contributed by atoms with E-state index < -0.39 is 0 Å². The number of nitrogen functional groups attached to an aromatic ring is 1. The third-order valence-electron chi connectivity index (χ3n) is 4.47. The number of hydrogen-bond acceptors (Lipinski definition) is 5. The van der Waals surface area contributed by atoms with E-state index in [0.717, 1.165) is 22.6 Å². The van der Waals surface area contributed by atoms with Gasteiger partial charge in [-0.3, -0.25) is 0 Å². The molecule has 122 valence electrons. The summed E-state index contributed by atoms with van der Waals surface area (Å²) in [5, 5.41) is 4.11. The van der Waals surface area contributed by atoms with E-state index in [0.29, 0.717) is 24.0 Å². The Bertz CT molecular complexity index is 915. The van der Waals surface area contributed by atoms with Gasteiger partial charge in [-0.15, -0.1) is 0 Å². The zero-order valence-corrected chi connectivity index (χ0v) is 14.0. The zero-order valence-electron chi connectivity index (χ0n) is 14.0. The molecule has 24 heavy (non-hydrogen) atoms. The van der Waals surface area contributed by atoms with Gasteiger partial charge < -0.3 is 11.1 Å². The number of nitrogens with zero attached hydrogens (tertiary/aromatic N) is 3. The molecule has 0 unspecified atom stereocenters. The van der Waals surface area contributed by atoms with E-state index in [4.69, 9.17) is 5.73 Å². The summed E-state index contributed by atoms with van der Waals surface area (Å²) in [6, 6.07) is 10.7. The van der Waals surface area contributed by atoms with Crippen molar-refractivity contribution in [3.05, 3.63) is 52.7 Å². The van der Waals surface area contributed by atoms with Gasteiger partial charge in [0.25, 0.3) is 0 Å². The Hall–Kier alpha value is -2.69. The predicted octanol–water partition coefficient (Wildman–Crippen LogP) is 3.71. The number of aryl methyl sites for hydroxylation is 2. The highest BCUT2D eigenvalue weighted by Crippen LogP contribution is 2.40. The number of nitrogens with two attached hydrogens (primary N) is 1. The average molecular weight is 319 g/mol. The molecule has 1 aromatic carbocycles. The van der Waals surface area contributed by atoms with Crippen LogP contribution in [0.25, 0.3) is 11.0 Å². The third kappa shape index (κ3) is 2.89. The molecule has 0 bridgehead atoms. The molecule has 1 fully saturated rings. The summed E-state index contributed by atoms with van der Waals surface area (Å²) in [6.45, 7) is 4.64. The highest BCUT2D eigenvalue weighted by atomic mass is 15.1. The molecular weight excluding hydrogens is 298 g/mol. The predicted molar refractivity (Wildman–Crippen MR) is 97.0 cm³/mol. The Labute approximate surface area is 141 Å². The number of anilines is 2. The summed E-state index contributed by atoms with van der Waals surface area (Å²) < 4.78 is 0. The molecule has 5 nitrogen and oxygen atoms in total. The third-order valence-corrected chi connectivity index (χ3v) is 4.47. The Morgan fingerprint density at radius 2 is 1.96 bits per heavy atom. The van der Waals surface area contributed by atoms with Crippen LogP contribution in [0.4, 0.5) is 11.8 Å². The van der Waals surface area contributed by atoms with Gasteiger partial charge >= 0.3 is 0 Å². The number of benzene rings is 1. The van der Waals surface area contributed by atoms with Crippen LogP contribution in [0.15, 0.2) is 30.3 Å². The quantitative estimate of drug-likeness (QED) is 0.766. The van der Waals surface area contributed by atoms with Gasteiger partial charge in [-0.25, -0.2) is 4.98 Å². The van der Waals surface area contributed by atoms with Gasteiger partial charge in [-0.2, -0.15) is 9.97 Å². The minimum atomic E-state index is 0.472. The standard InChI is InChI=1S/C19H21N5/c1-11-8-12(2)22-18-16(11)17(20)23-19(24-18)21-10-13-4-3-5-15(9-13)14-6-7-14/h3-5,8-9,14H,6-7,10H2,1-2H3,(H3,20,21,22,23,24). The Morgan fingerprint density at radius 1 is 1.12 bits per heavy atom. The van der Waals surface area contributed by atoms with Crippen LogP contribution >= 0.6 is 0 Å². The minimum absolute atomic E-state index is 0.472. The van der Waals surface area contributed by atoms with Crippen LogP contribution in [0.5, 0.6) is 0 Å². The topological polar surface area (TPSA) is 76.7 Å². The summed E-state index contributed by atoms with van der Waals surface area (Å²) in [4.78, 5) is 13.4. The molecule has 5 heteroatoms. The molecule has 0 spiro atoms. The van der Waals surface area contributed by atoms with Crippen molar-refractivity contribution >= 4 is 22.8 Å². The Balaban J connectivity index is 1.59. The van der Waals surface area contributed by atoms with Crippen molar-refractivity contribution in [1.29, 1.82) is 0 Å². The van der Waals surface area contributed by atoms with Crippen molar-refractivity contribution in [3.8, 4) is 0 Å². The molecule has 0 atom stereocenters. The zero-order chi connectivity index (χ0) is 16.7. The molecule has 2 heterocycles. The first kappa shape index (κ1) is 14.9. The summed E-state index contributed by atoms with van der Waals surface area (Å²) >= 11 is 0. The number of fused-ring (bicyclic) bond motifs is 1. The maximum atomic E-state index is 6.12. The molecule has 3 N–H and O–H groups in total. The van der Waals surface area contributed by atoms with Crippen molar-refractivity contribution in [2.45, 2.75) is 39.2 Å². The van der Waals surface area contributed by atoms with Crippen molar-refractivity contribution < 1.29 is 0 Å². The summed E-state index contributed by atoms with van der Waals surface area (Å²) in [7, 11) is 0. The SMILES string of the molecule is Cc1cc(C)c2c(N)nc(NCc3cccc(C4CC4)c3)nc2n1. The van der Waals surface area contributed by atoms with Gasteiger partial charge in [0.15, 0.2) is 5.65 Å². The Kier molecular flexibility index (Phi) is 3.56. The second-order valence-corrected chi connectivity index (χ2v) is 6.58. The van der Waals surface area contributed by atoms with Crippen LogP contribution in [0, 0.1) is 13.8 Å². The maximum absolute atomic E-state index is 6.12. The van der Waals surface area contributed by atoms with Crippen molar-refractivity contribution in [1.82, 2.24) is 15.0 Å². The first-order valence-corrected chi connectivity index (χ1v) is 8.34. The van der Waals surface area contributed by atoms with Crippen LogP contribution in [0.2, 0.25) is 0 Å². The van der Waals surface area contributed by atoms with Gasteiger partial charge in [0.05, 0.1) is 5.39 Å². The number of pyridine rings is 1. The van der Waals surface area contributed by atoms with E-state index in [9.17, 15) is 0 Å². The van der Waals surface area contributed by atoms with E-state index in [1.807, 2.05) is 19.9 Å². The van der Waals surface area contributed by atoms with E-state index in [-0.39, 0.29) is 0 Å². The second-order valence-electron chi connectivity index (χ2n) is 6.58. The lowest BCUT2D eigenvalue weighted by Gasteiger charge is -2.10. The molecule has 1 aliphatic rings. The fraction of sp³-hybridized carbons (Fsp3) is 0.316. The molecule has 2 aromatic heterocycles. The smallest absolute Gasteiger partial charge is 0.226 e. The van der Waals surface area contributed by atoms with E-state index >= 15 is 0 Å². The second kappa shape index (κ2) is 5.74. The molecule has 0 aliphatic heterocycles. The van der Waals surface area contributed by atoms with E-state index in [1.54, 1.807) is 0 Å². The maximum Gasteiger partial charge on any atom is 0.226 e. The van der Waals surface area contributed by atoms with Gasteiger partial charge in [-0.05, 0) is 55.4 Å². The van der Waals surface area contributed by atoms with Crippen LogP contribution in [-0.4, -0.2) is 15.0 Å². The van der Waals surface area contributed by atoms with Gasteiger partial charge in [-0.1, -0.05) is 24.3 Å². The van der Waals surface area contributed by atoms with Crippen LogP contribution in [-0.2, 0) is 6.54 Å². The van der Waals surface area contributed by atoms with Crippen molar-refractivity contribution in [2.75, 3.05) is 11.1 Å². The molecule has 1 aliphatic carbocycles. The molecule has 0 saturated heterocycles. The van der Waals surface area contributed by atoms with E-state index in [1.165, 1.54) is 24.0 Å². The lowest BCUT2D eigenvalue weighted by atomic mass is 10.1. The number of rotatable bonds is 4. The average Bonchev–Trinajstić information content (AvgIpc) is 3.37. The first-order chi connectivity index (χ1) is 11.6. The van der Waals surface area contributed by atoms with Crippen molar-refractivity contribution in [3.63, 3.8) is 0 Å². The van der Waals surface area contributed by atoms with Gasteiger partial charge in [0.2, 0.25) is 5.95 Å². The molecule has 0 radical (unpaired) electrons. The monoisotopic (exact) mass is 319 g/mol. The molecule has 3 aromatic rings. The number of hydrogen-bond donors (Lipinski definition) is 2. The highest BCUT2D eigenvalue weighted by Gasteiger charge is 2.23. The lowest BCUT2D eigenvalue weighted by Crippen LogP contribution is -2.07. The largest absolute Gasteiger partial charge is 0.383 e.